The first kappa shape index (κ1) is 19.9. The van der Waals surface area contributed by atoms with Crippen LogP contribution in [0.25, 0.3) is 0 Å². The minimum atomic E-state index is 0.214. The molecule has 1 heterocycles. The lowest BCUT2D eigenvalue weighted by Crippen LogP contribution is -2.50. The van der Waals surface area contributed by atoms with Crippen LogP contribution < -0.4 is 0 Å². The van der Waals surface area contributed by atoms with E-state index in [1.54, 1.807) is 0 Å². The van der Waals surface area contributed by atoms with E-state index in [2.05, 4.69) is 38.1 Å². The normalized spacial score (nSPS) is 18.3. The third-order valence-electron chi connectivity index (χ3n) is 6.20. The lowest BCUT2D eigenvalue weighted by molar-refractivity contribution is -0.140. The molecule has 0 radical (unpaired) electrons. The topological polar surface area (TPSA) is 40.6 Å². The van der Waals surface area contributed by atoms with Gasteiger partial charge in [-0.1, -0.05) is 51.0 Å². The zero-order chi connectivity index (χ0) is 19.2. The van der Waals surface area contributed by atoms with E-state index in [1.165, 1.54) is 36.8 Å². The van der Waals surface area contributed by atoms with Crippen molar-refractivity contribution >= 4 is 11.8 Å². The van der Waals surface area contributed by atoms with Gasteiger partial charge in [-0.3, -0.25) is 9.59 Å². The second kappa shape index (κ2) is 9.38. The van der Waals surface area contributed by atoms with E-state index in [9.17, 15) is 9.59 Å². The van der Waals surface area contributed by atoms with Gasteiger partial charge >= 0.3 is 0 Å². The number of hydrogen-bond donors (Lipinski definition) is 0. The molecule has 1 saturated heterocycles. The summed E-state index contributed by atoms with van der Waals surface area (Å²) in [6.07, 6.45) is 7.03. The van der Waals surface area contributed by atoms with Crippen molar-refractivity contribution in [1.82, 2.24) is 9.80 Å². The van der Waals surface area contributed by atoms with Gasteiger partial charge in [0.15, 0.2) is 0 Å². The van der Waals surface area contributed by atoms with Gasteiger partial charge in [0.1, 0.15) is 0 Å². The van der Waals surface area contributed by atoms with Crippen LogP contribution in [0.5, 0.6) is 0 Å². The molecule has 1 aromatic rings. The standard InChI is InChI=1S/C23H34N2O2/c1-18(2)21-10-7-19(8-11-21)9-12-22(26)24-13-15-25(16-14-24)23(27)17-20-5-3-4-6-20/h7-8,10-11,18,20H,3-6,9,12-17H2,1-2H3. The van der Waals surface area contributed by atoms with E-state index in [1.807, 2.05) is 9.80 Å². The maximum Gasteiger partial charge on any atom is 0.223 e. The molecule has 3 rings (SSSR count). The lowest BCUT2D eigenvalue weighted by Gasteiger charge is -2.35. The summed E-state index contributed by atoms with van der Waals surface area (Å²) in [6, 6.07) is 8.61. The first-order valence-corrected chi connectivity index (χ1v) is 10.7. The van der Waals surface area contributed by atoms with Crippen LogP contribution in [0.15, 0.2) is 24.3 Å². The second-order valence-electron chi connectivity index (χ2n) is 8.51. The molecule has 4 nitrogen and oxygen atoms in total. The van der Waals surface area contributed by atoms with E-state index in [-0.39, 0.29) is 5.91 Å². The maximum atomic E-state index is 12.5. The van der Waals surface area contributed by atoms with Gasteiger partial charge in [0, 0.05) is 39.0 Å². The number of rotatable bonds is 6. The van der Waals surface area contributed by atoms with Crippen molar-refractivity contribution in [1.29, 1.82) is 0 Å². The van der Waals surface area contributed by atoms with Crippen molar-refractivity contribution in [3.63, 3.8) is 0 Å². The van der Waals surface area contributed by atoms with Crippen molar-refractivity contribution in [3.8, 4) is 0 Å². The number of aryl methyl sites for hydroxylation is 1. The monoisotopic (exact) mass is 370 g/mol. The molecule has 2 aliphatic rings. The molecule has 0 bridgehead atoms. The van der Waals surface area contributed by atoms with Crippen LogP contribution >= 0.6 is 0 Å². The van der Waals surface area contributed by atoms with E-state index in [4.69, 9.17) is 0 Å². The van der Waals surface area contributed by atoms with E-state index in [0.717, 1.165) is 6.42 Å². The maximum absolute atomic E-state index is 12.5. The molecule has 27 heavy (non-hydrogen) atoms. The first-order valence-electron chi connectivity index (χ1n) is 10.7. The SMILES string of the molecule is CC(C)c1ccc(CCC(=O)N2CCN(C(=O)CC3CCCC3)CC2)cc1. The summed E-state index contributed by atoms with van der Waals surface area (Å²) in [7, 11) is 0. The Morgan fingerprint density at radius 1 is 0.926 bits per heavy atom. The lowest BCUT2D eigenvalue weighted by atomic mass is 10.00. The molecule has 2 amide bonds. The first-order chi connectivity index (χ1) is 13.0. The summed E-state index contributed by atoms with van der Waals surface area (Å²) in [6.45, 7) is 7.14. The highest BCUT2D eigenvalue weighted by atomic mass is 16.2. The van der Waals surface area contributed by atoms with Crippen molar-refractivity contribution in [3.05, 3.63) is 35.4 Å². The molecule has 1 aromatic carbocycles. The van der Waals surface area contributed by atoms with Crippen LogP contribution in [0.1, 0.15) is 69.4 Å². The third-order valence-corrected chi connectivity index (χ3v) is 6.20. The zero-order valence-electron chi connectivity index (χ0n) is 17.0. The molecule has 0 spiro atoms. The summed E-state index contributed by atoms with van der Waals surface area (Å²) in [5.41, 5.74) is 2.56. The Hall–Kier alpha value is -1.84. The molecule has 4 heteroatoms. The smallest absolute Gasteiger partial charge is 0.223 e. The van der Waals surface area contributed by atoms with Gasteiger partial charge < -0.3 is 9.80 Å². The summed E-state index contributed by atoms with van der Waals surface area (Å²) < 4.78 is 0. The van der Waals surface area contributed by atoms with Gasteiger partial charge in [0.2, 0.25) is 11.8 Å². The number of hydrogen-bond acceptors (Lipinski definition) is 2. The highest BCUT2D eigenvalue weighted by molar-refractivity contribution is 5.78. The molecule has 148 valence electrons. The average Bonchev–Trinajstić information content (AvgIpc) is 3.19. The van der Waals surface area contributed by atoms with Crippen molar-refractivity contribution in [2.75, 3.05) is 26.2 Å². The van der Waals surface area contributed by atoms with E-state index >= 15 is 0 Å². The molecule has 2 fully saturated rings. The predicted octanol–water partition coefficient (Wildman–Crippen LogP) is 3.99. The average molecular weight is 371 g/mol. The van der Waals surface area contributed by atoms with Gasteiger partial charge in [-0.15, -0.1) is 0 Å². The fourth-order valence-electron chi connectivity index (χ4n) is 4.27. The van der Waals surface area contributed by atoms with E-state index < -0.39 is 0 Å². The van der Waals surface area contributed by atoms with Gasteiger partial charge in [-0.2, -0.15) is 0 Å². The molecule has 0 aromatic heterocycles. The molecule has 1 saturated carbocycles. The fraction of sp³-hybridized carbons (Fsp3) is 0.652. The van der Waals surface area contributed by atoms with Crippen LogP contribution in [-0.2, 0) is 16.0 Å². The Bertz CT molecular complexity index is 624. The van der Waals surface area contributed by atoms with Crippen LogP contribution in [0.4, 0.5) is 0 Å². The summed E-state index contributed by atoms with van der Waals surface area (Å²) >= 11 is 0. The molecule has 1 aliphatic heterocycles. The minimum Gasteiger partial charge on any atom is -0.339 e. The second-order valence-corrected chi connectivity index (χ2v) is 8.51. The van der Waals surface area contributed by atoms with Crippen molar-refractivity contribution < 1.29 is 9.59 Å². The van der Waals surface area contributed by atoms with Crippen molar-refractivity contribution in [2.24, 2.45) is 5.92 Å². The van der Waals surface area contributed by atoms with Gasteiger partial charge in [-0.25, -0.2) is 0 Å². The predicted molar refractivity (Wildman–Crippen MR) is 109 cm³/mol. The van der Waals surface area contributed by atoms with Crippen LogP contribution in [0.3, 0.4) is 0 Å². The van der Waals surface area contributed by atoms with Crippen LogP contribution in [0, 0.1) is 5.92 Å². The summed E-state index contributed by atoms with van der Waals surface area (Å²) in [5, 5.41) is 0. The number of benzene rings is 1. The highest BCUT2D eigenvalue weighted by Crippen LogP contribution is 2.28. The highest BCUT2D eigenvalue weighted by Gasteiger charge is 2.26. The fourth-order valence-corrected chi connectivity index (χ4v) is 4.27. The molecule has 0 atom stereocenters. The summed E-state index contributed by atoms with van der Waals surface area (Å²) in [4.78, 5) is 28.9. The Morgan fingerprint density at radius 3 is 2.04 bits per heavy atom. The number of carbonyl (C=O) groups is 2. The van der Waals surface area contributed by atoms with Crippen LogP contribution in [0.2, 0.25) is 0 Å². The quantitative estimate of drug-likeness (QED) is 0.759. The number of amides is 2. The number of carbonyl (C=O) groups excluding carboxylic acids is 2. The zero-order valence-corrected chi connectivity index (χ0v) is 17.0. The van der Waals surface area contributed by atoms with Crippen molar-refractivity contribution in [2.45, 2.75) is 64.7 Å². The Morgan fingerprint density at radius 2 is 1.48 bits per heavy atom. The Labute approximate surface area is 163 Å². The largest absolute Gasteiger partial charge is 0.339 e. The number of piperazine rings is 1. The summed E-state index contributed by atoms with van der Waals surface area (Å²) in [5.74, 6) is 1.64. The number of nitrogens with zero attached hydrogens (tertiary/aromatic N) is 2. The third kappa shape index (κ3) is 5.57. The molecule has 0 unspecified atom stereocenters. The molecular weight excluding hydrogens is 336 g/mol. The Kier molecular flexibility index (Phi) is 6.92. The van der Waals surface area contributed by atoms with Gasteiger partial charge in [-0.05, 0) is 42.2 Å². The van der Waals surface area contributed by atoms with E-state index in [0.29, 0.717) is 56.8 Å². The van der Waals surface area contributed by atoms with Crippen LogP contribution in [-0.4, -0.2) is 47.8 Å². The minimum absolute atomic E-state index is 0.214. The Balaban J connectivity index is 1.39. The van der Waals surface area contributed by atoms with Gasteiger partial charge in [0.25, 0.3) is 0 Å². The van der Waals surface area contributed by atoms with Gasteiger partial charge in [0.05, 0.1) is 0 Å². The molecule has 0 N–H and O–H groups in total. The molecular formula is C23H34N2O2. The molecule has 1 aliphatic carbocycles.